The fourth-order valence-electron chi connectivity index (χ4n) is 7.25. The van der Waals surface area contributed by atoms with Crippen LogP contribution in [0.2, 0.25) is 0 Å². The largest absolute Gasteiger partial charge is 0.356 e. The van der Waals surface area contributed by atoms with Crippen LogP contribution in [-0.2, 0) is 0 Å². The van der Waals surface area contributed by atoms with E-state index >= 15 is 0 Å². The van der Waals surface area contributed by atoms with E-state index in [0.717, 1.165) is 0 Å². The maximum Gasteiger partial charge on any atom is 0.101 e. The highest BCUT2D eigenvalue weighted by molar-refractivity contribution is 4.97. The minimum Gasteiger partial charge on any atom is -0.356 e. The minimum atomic E-state index is 0.639. The summed E-state index contributed by atoms with van der Waals surface area (Å²) >= 11 is 0. The molecular weight excluding hydrogens is 532 g/mol. The number of nitrogens with zero attached hydrogens (tertiary/aromatic N) is 2. The lowest BCUT2D eigenvalue weighted by molar-refractivity contribution is 0.135. The summed E-state index contributed by atoms with van der Waals surface area (Å²) in [6.07, 6.45) is 54.5. The summed E-state index contributed by atoms with van der Waals surface area (Å²) < 4.78 is 0. The second-order valence-electron chi connectivity index (χ2n) is 14.6. The third-order valence-corrected chi connectivity index (χ3v) is 10.3. The molecule has 1 unspecified atom stereocenters. The van der Waals surface area contributed by atoms with Crippen LogP contribution in [0.3, 0.4) is 0 Å². The molecule has 0 aromatic rings. The lowest BCUT2D eigenvalue weighted by Crippen LogP contribution is -2.39. The summed E-state index contributed by atoms with van der Waals surface area (Å²) in [5.74, 6) is 0. The number of hydrogen-bond acceptors (Lipinski definition) is 2. The minimum absolute atomic E-state index is 0.639. The van der Waals surface area contributed by atoms with E-state index in [4.69, 9.17) is 0 Å². The highest BCUT2D eigenvalue weighted by Crippen LogP contribution is 2.24. The van der Waals surface area contributed by atoms with Crippen molar-refractivity contribution in [2.75, 3.05) is 13.1 Å². The van der Waals surface area contributed by atoms with E-state index in [-0.39, 0.29) is 0 Å². The van der Waals surface area contributed by atoms with Crippen molar-refractivity contribution in [3.05, 3.63) is 12.4 Å². The van der Waals surface area contributed by atoms with Crippen molar-refractivity contribution in [3.8, 4) is 0 Å². The standard InChI is InChI=1S/C42H84N2/c1-4-7-10-12-14-16-18-20-21-22-23-24-26-28-30-32-34-37-42-43(38-35-9-6-3)40-41-44(42)39-36-33-31-29-27-25-19-17-15-13-11-8-5-2/h40-42H,4-39H2,1-3H3. The van der Waals surface area contributed by atoms with Crippen molar-refractivity contribution in [2.24, 2.45) is 0 Å². The van der Waals surface area contributed by atoms with Crippen molar-refractivity contribution in [1.82, 2.24) is 9.80 Å². The first-order valence-electron chi connectivity index (χ1n) is 21.0. The van der Waals surface area contributed by atoms with Crippen LogP contribution in [0.5, 0.6) is 0 Å². The molecule has 1 aliphatic rings. The molecule has 2 heteroatoms. The quantitative estimate of drug-likeness (QED) is 0.0646. The zero-order valence-corrected chi connectivity index (χ0v) is 31.1. The van der Waals surface area contributed by atoms with Crippen LogP contribution in [0.1, 0.15) is 239 Å². The Labute approximate surface area is 280 Å². The normalized spacial score (nSPS) is 14.8. The topological polar surface area (TPSA) is 6.48 Å². The van der Waals surface area contributed by atoms with Crippen molar-refractivity contribution >= 4 is 0 Å². The molecule has 0 radical (unpaired) electrons. The van der Waals surface area contributed by atoms with E-state index in [1.165, 1.54) is 231 Å². The van der Waals surface area contributed by atoms with Gasteiger partial charge in [-0.3, -0.25) is 0 Å². The molecule has 0 spiro atoms. The molecule has 2 nitrogen and oxygen atoms in total. The van der Waals surface area contributed by atoms with Gasteiger partial charge >= 0.3 is 0 Å². The summed E-state index contributed by atoms with van der Waals surface area (Å²) in [7, 11) is 0. The predicted molar refractivity (Wildman–Crippen MR) is 200 cm³/mol. The fraction of sp³-hybridized carbons (Fsp3) is 0.952. The monoisotopic (exact) mass is 617 g/mol. The van der Waals surface area contributed by atoms with Gasteiger partial charge in [-0.2, -0.15) is 0 Å². The van der Waals surface area contributed by atoms with Gasteiger partial charge in [0.25, 0.3) is 0 Å². The van der Waals surface area contributed by atoms with E-state index < -0.39 is 0 Å². The first-order chi connectivity index (χ1) is 21.8. The Morgan fingerprint density at radius 3 is 0.841 bits per heavy atom. The lowest BCUT2D eigenvalue weighted by atomic mass is 10.0. The number of rotatable bonds is 36. The molecule has 0 amide bonds. The van der Waals surface area contributed by atoms with Gasteiger partial charge in [0.2, 0.25) is 0 Å². The SMILES string of the molecule is CCCCCCCCCCCCCCCCCCCC1N(CCCCC)C=CN1CCCCCCCCCCCCCCC. The second kappa shape index (κ2) is 33.7. The maximum atomic E-state index is 2.71. The van der Waals surface area contributed by atoms with Crippen molar-refractivity contribution in [2.45, 2.75) is 245 Å². The molecule has 0 bridgehead atoms. The van der Waals surface area contributed by atoms with Crippen molar-refractivity contribution in [1.29, 1.82) is 0 Å². The fourth-order valence-corrected chi connectivity index (χ4v) is 7.25. The average Bonchev–Trinajstić information content (AvgIpc) is 3.42. The Morgan fingerprint density at radius 2 is 0.523 bits per heavy atom. The summed E-state index contributed by atoms with van der Waals surface area (Å²) in [4.78, 5) is 5.39. The van der Waals surface area contributed by atoms with Gasteiger partial charge in [-0.05, 0) is 25.7 Å². The maximum absolute atomic E-state index is 2.71. The van der Waals surface area contributed by atoms with Gasteiger partial charge in [-0.25, -0.2) is 0 Å². The first kappa shape index (κ1) is 41.4. The molecule has 44 heavy (non-hydrogen) atoms. The van der Waals surface area contributed by atoms with E-state index in [2.05, 4.69) is 43.0 Å². The Morgan fingerprint density at radius 1 is 0.295 bits per heavy atom. The van der Waals surface area contributed by atoms with E-state index in [1.54, 1.807) is 0 Å². The molecule has 0 aliphatic carbocycles. The zero-order valence-electron chi connectivity index (χ0n) is 31.1. The third-order valence-electron chi connectivity index (χ3n) is 10.3. The van der Waals surface area contributed by atoms with Gasteiger partial charge in [-0.15, -0.1) is 0 Å². The van der Waals surface area contributed by atoms with Gasteiger partial charge in [-0.1, -0.05) is 213 Å². The summed E-state index contributed by atoms with van der Waals surface area (Å²) in [5, 5.41) is 0. The smallest absolute Gasteiger partial charge is 0.101 e. The van der Waals surface area contributed by atoms with Crippen molar-refractivity contribution < 1.29 is 0 Å². The molecule has 0 saturated heterocycles. The highest BCUT2D eigenvalue weighted by atomic mass is 15.4. The summed E-state index contributed by atoms with van der Waals surface area (Å²) in [6.45, 7) is 9.47. The number of unbranched alkanes of at least 4 members (excludes halogenated alkanes) is 30. The van der Waals surface area contributed by atoms with E-state index in [0.29, 0.717) is 6.17 Å². The molecule has 1 heterocycles. The average molecular weight is 617 g/mol. The van der Waals surface area contributed by atoms with Gasteiger partial charge in [0.15, 0.2) is 0 Å². The van der Waals surface area contributed by atoms with Crippen molar-refractivity contribution in [3.63, 3.8) is 0 Å². The Bertz CT molecular complexity index is 572. The highest BCUT2D eigenvalue weighted by Gasteiger charge is 2.24. The molecule has 0 N–H and O–H groups in total. The van der Waals surface area contributed by atoms with Gasteiger partial charge < -0.3 is 9.80 Å². The molecule has 0 fully saturated rings. The predicted octanol–water partition coefficient (Wildman–Crippen LogP) is 14.7. The summed E-state index contributed by atoms with van der Waals surface area (Å²) in [6, 6.07) is 0. The molecule has 1 aliphatic heterocycles. The van der Waals surface area contributed by atoms with Crippen LogP contribution >= 0.6 is 0 Å². The van der Waals surface area contributed by atoms with Crippen LogP contribution in [0, 0.1) is 0 Å². The number of hydrogen-bond donors (Lipinski definition) is 0. The molecule has 1 rings (SSSR count). The van der Waals surface area contributed by atoms with Crippen LogP contribution in [-0.4, -0.2) is 29.1 Å². The third kappa shape index (κ3) is 25.5. The van der Waals surface area contributed by atoms with Gasteiger partial charge in [0.05, 0.1) is 0 Å². The molecule has 0 saturated carbocycles. The molecule has 0 aromatic heterocycles. The van der Waals surface area contributed by atoms with Crippen LogP contribution in [0.25, 0.3) is 0 Å². The summed E-state index contributed by atoms with van der Waals surface area (Å²) in [5.41, 5.74) is 0. The van der Waals surface area contributed by atoms with Gasteiger partial charge in [0, 0.05) is 25.5 Å². The van der Waals surface area contributed by atoms with Crippen LogP contribution < -0.4 is 0 Å². The van der Waals surface area contributed by atoms with E-state index in [1.807, 2.05) is 0 Å². The Balaban J connectivity index is 2.04. The van der Waals surface area contributed by atoms with Gasteiger partial charge in [0.1, 0.15) is 6.17 Å². The molecule has 262 valence electrons. The Kier molecular flexibility index (Phi) is 31.7. The Hall–Kier alpha value is -0.660. The molecule has 1 atom stereocenters. The van der Waals surface area contributed by atoms with Crippen LogP contribution in [0.4, 0.5) is 0 Å². The first-order valence-corrected chi connectivity index (χ1v) is 21.0. The zero-order chi connectivity index (χ0) is 31.6. The lowest BCUT2D eigenvalue weighted by Gasteiger charge is -2.33. The second-order valence-corrected chi connectivity index (χ2v) is 14.6. The van der Waals surface area contributed by atoms with Crippen LogP contribution in [0.15, 0.2) is 12.4 Å². The molecular formula is C42H84N2. The van der Waals surface area contributed by atoms with E-state index in [9.17, 15) is 0 Å². The molecule has 0 aromatic carbocycles.